The van der Waals surface area contributed by atoms with Gasteiger partial charge in [0.05, 0.1) is 5.92 Å². The van der Waals surface area contributed by atoms with Crippen molar-refractivity contribution in [1.29, 1.82) is 0 Å². The molecule has 1 rings (SSSR count). The summed E-state index contributed by atoms with van der Waals surface area (Å²) in [6, 6.07) is 8.55. The Morgan fingerprint density at radius 3 is 2.22 bits per heavy atom. The number of carboxylic acids is 1. The second kappa shape index (κ2) is 7.17. The summed E-state index contributed by atoms with van der Waals surface area (Å²) in [7, 11) is 0. The summed E-state index contributed by atoms with van der Waals surface area (Å²) >= 11 is 0. The molecular formula is C15H23NO2. The van der Waals surface area contributed by atoms with Gasteiger partial charge in [0.25, 0.3) is 0 Å². The van der Waals surface area contributed by atoms with E-state index in [0.717, 1.165) is 19.5 Å². The highest BCUT2D eigenvalue weighted by molar-refractivity contribution is 5.69. The molecule has 0 fully saturated rings. The van der Waals surface area contributed by atoms with Gasteiger partial charge in [0.1, 0.15) is 0 Å². The Labute approximate surface area is 109 Å². The van der Waals surface area contributed by atoms with Gasteiger partial charge < -0.3 is 5.11 Å². The van der Waals surface area contributed by atoms with Gasteiger partial charge in [-0.3, -0.25) is 9.69 Å². The largest absolute Gasteiger partial charge is 0.481 e. The Morgan fingerprint density at radius 1 is 1.22 bits per heavy atom. The normalized spacial score (nSPS) is 12.7. The van der Waals surface area contributed by atoms with Gasteiger partial charge in [-0.2, -0.15) is 0 Å². The van der Waals surface area contributed by atoms with Gasteiger partial charge in [0.2, 0.25) is 0 Å². The van der Waals surface area contributed by atoms with Crippen molar-refractivity contribution >= 4 is 5.97 Å². The molecule has 3 heteroatoms. The molecule has 0 aliphatic heterocycles. The number of aryl methyl sites for hydroxylation is 1. The Hall–Kier alpha value is -1.35. The number of benzene rings is 1. The first-order chi connectivity index (χ1) is 8.56. The molecule has 0 spiro atoms. The topological polar surface area (TPSA) is 40.5 Å². The summed E-state index contributed by atoms with van der Waals surface area (Å²) in [5.74, 6) is -1.05. The predicted molar refractivity (Wildman–Crippen MR) is 73.6 cm³/mol. The molecule has 0 aliphatic rings. The van der Waals surface area contributed by atoms with Gasteiger partial charge in [-0.15, -0.1) is 0 Å². The van der Waals surface area contributed by atoms with Crippen LogP contribution in [0.1, 0.15) is 31.9 Å². The van der Waals surface area contributed by atoms with Gasteiger partial charge in [-0.25, -0.2) is 0 Å². The lowest BCUT2D eigenvalue weighted by Crippen LogP contribution is -2.31. The van der Waals surface area contributed by atoms with Crippen LogP contribution in [-0.2, 0) is 17.8 Å². The SMILES string of the molecule is CCc1ccc(CN(CC)CC(C)C(=O)O)cc1. The lowest BCUT2D eigenvalue weighted by Gasteiger charge is -2.22. The Balaban J connectivity index is 2.58. The third-order valence-corrected chi connectivity index (χ3v) is 3.24. The van der Waals surface area contributed by atoms with Gasteiger partial charge in [0.15, 0.2) is 0 Å². The average Bonchev–Trinajstić information content (AvgIpc) is 2.38. The zero-order chi connectivity index (χ0) is 13.5. The van der Waals surface area contributed by atoms with E-state index in [1.807, 2.05) is 0 Å². The molecule has 1 unspecified atom stereocenters. The standard InChI is InChI=1S/C15H23NO2/c1-4-13-6-8-14(9-7-13)11-16(5-2)10-12(3)15(17)18/h6-9,12H,4-5,10-11H2,1-3H3,(H,17,18). The fraction of sp³-hybridized carbons (Fsp3) is 0.533. The first kappa shape index (κ1) is 14.7. The molecule has 3 nitrogen and oxygen atoms in total. The number of rotatable bonds is 7. The van der Waals surface area contributed by atoms with Crippen molar-refractivity contribution in [3.05, 3.63) is 35.4 Å². The molecule has 0 heterocycles. The Bertz CT molecular complexity index is 373. The van der Waals surface area contributed by atoms with Crippen LogP contribution < -0.4 is 0 Å². The fourth-order valence-electron chi connectivity index (χ4n) is 1.91. The Kier molecular flexibility index (Phi) is 5.86. The van der Waals surface area contributed by atoms with Crippen molar-refractivity contribution < 1.29 is 9.90 Å². The molecule has 100 valence electrons. The summed E-state index contributed by atoms with van der Waals surface area (Å²) in [4.78, 5) is 13.0. The number of aliphatic carboxylic acids is 1. The molecule has 0 amide bonds. The summed E-state index contributed by atoms with van der Waals surface area (Å²) < 4.78 is 0. The highest BCUT2D eigenvalue weighted by atomic mass is 16.4. The number of hydrogen-bond acceptors (Lipinski definition) is 2. The molecule has 1 aromatic rings. The Morgan fingerprint density at radius 2 is 1.78 bits per heavy atom. The van der Waals surface area contributed by atoms with Crippen LogP contribution in [0.2, 0.25) is 0 Å². The minimum Gasteiger partial charge on any atom is -0.481 e. The molecule has 0 bridgehead atoms. The smallest absolute Gasteiger partial charge is 0.307 e. The summed E-state index contributed by atoms with van der Waals surface area (Å²) in [6.07, 6.45) is 1.05. The molecule has 0 saturated heterocycles. The molecule has 0 saturated carbocycles. The molecule has 18 heavy (non-hydrogen) atoms. The van der Waals surface area contributed by atoms with Crippen LogP contribution in [0.5, 0.6) is 0 Å². The van der Waals surface area contributed by atoms with Gasteiger partial charge >= 0.3 is 5.97 Å². The number of carbonyl (C=O) groups is 1. The molecular weight excluding hydrogens is 226 g/mol. The maximum atomic E-state index is 10.9. The zero-order valence-corrected chi connectivity index (χ0v) is 11.5. The van der Waals surface area contributed by atoms with Crippen LogP contribution in [0, 0.1) is 5.92 Å². The maximum Gasteiger partial charge on any atom is 0.307 e. The maximum absolute atomic E-state index is 10.9. The van der Waals surface area contributed by atoms with E-state index in [4.69, 9.17) is 5.11 Å². The second-order valence-corrected chi connectivity index (χ2v) is 4.74. The van der Waals surface area contributed by atoms with Crippen molar-refractivity contribution in [3.8, 4) is 0 Å². The van der Waals surface area contributed by atoms with E-state index in [0.29, 0.717) is 6.54 Å². The second-order valence-electron chi connectivity index (χ2n) is 4.74. The van der Waals surface area contributed by atoms with Crippen molar-refractivity contribution in [2.24, 2.45) is 5.92 Å². The van der Waals surface area contributed by atoms with Crippen LogP contribution in [0.3, 0.4) is 0 Å². The monoisotopic (exact) mass is 249 g/mol. The minimum absolute atomic E-state index is 0.320. The van der Waals surface area contributed by atoms with Gasteiger partial charge in [-0.1, -0.05) is 45.0 Å². The van der Waals surface area contributed by atoms with E-state index in [-0.39, 0.29) is 5.92 Å². The van der Waals surface area contributed by atoms with Crippen LogP contribution >= 0.6 is 0 Å². The first-order valence-corrected chi connectivity index (χ1v) is 6.59. The third kappa shape index (κ3) is 4.49. The number of carboxylic acid groups (broad SMARTS) is 1. The summed E-state index contributed by atoms with van der Waals surface area (Å²) in [5, 5.41) is 8.93. The van der Waals surface area contributed by atoms with Crippen molar-refractivity contribution in [2.75, 3.05) is 13.1 Å². The molecule has 0 aliphatic carbocycles. The fourth-order valence-corrected chi connectivity index (χ4v) is 1.91. The molecule has 1 atom stereocenters. The molecule has 0 radical (unpaired) electrons. The van der Waals surface area contributed by atoms with Crippen molar-refractivity contribution in [2.45, 2.75) is 33.7 Å². The first-order valence-electron chi connectivity index (χ1n) is 6.59. The summed E-state index contributed by atoms with van der Waals surface area (Å²) in [6.45, 7) is 8.24. The lowest BCUT2D eigenvalue weighted by atomic mass is 10.1. The highest BCUT2D eigenvalue weighted by Gasteiger charge is 2.15. The van der Waals surface area contributed by atoms with E-state index in [1.165, 1.54) is 11.1 Å². The number of nitrogens with zero attached hydrogens (tertiary/aromatic N) is 1. The van der Waals surface area contributed by atoms with Gasteiger partial charge in [-0.05, 0) is 24.1 Å². The van der Waals surface area contributed by atoms with Crippen molar-refractivity contribution in [3.63, 3.8) is 0 Å². The van der Waals surface area contributed by atoms with Gasteiger partial charge in [0, 0.05) is 13.1 Å². The van der Waals surface area contributed by atoms with E-state index < -0.39 is 5.97 Å². The summed E-state index contributed by atoms with van der Waals surface area (Å²) in [5.41, 5.74) is 2.58. The van der Waals surface area contributed by atoms with Crippen LogP contribution in [0.15, 0.2) is 24.3 Å². The van der Waals surface area contributed by atoms with Crippen LogP contribution in [-0.4, -0.2) is 29.1 Å². The molecule has 0 aromatic heterocycles. The van der Waals surface area contributed by atoms with E-state index in [1.54, 1.807) is 6.92 Å². The van der Waals surface area contributed by atoms with Crippen LogP contribution in [0.4, 0.5) is 0 Å². The number of hydrogen-bond donors (Lipinski definition) is 1. The average molecular weight is 249 g/mol. The predicted octanol–water partition coefficient (Wildman–Crippen LogP) is 2.79. The van der Waals surface area contributed by atoms with E-state index in [2.05, 4.69) is 43.0 Å². The van der Waals surface area contributed by atoms with E-state index in [9.17, 15) is 4.79 Å². The molecule has 1 aromatic carbocycles. The van der Waals surface area contributed by atoms with Crippen molar-refractivity contribution in [1.82, 2.24) is 4.90 Å². The third-order valence-electron chi connectivity index (χ3n) is 3.24. The quantitative estimate of drug-likeness (QED) is 0.807. The zero-order valence-electron chi connectivity index (χ0n) is 11.5. The van der Waals surface area contributed by atoms with Crippen LogP contribution in [0.25, 0.3) is 0 Å². The highest BCUT2D eigenvalue weighted by Crippen LogP contribution is 2.10. The minimum atomic E-state index is -0.727. The molecule has 1 N–H and O–H groups in total. The lowest BCUT2D eigenvalue weighted by molar-refractivity contribution is -0.141. The van der Waals surface area contributed by atoms with E-state index >= 15 is 0 Å².